The zero-order valence-corrected chi connectivity index (χ0v) is 13.9. The lowest BCUT2D eigenvalue weighted by Gasteiger charge is -2.24. The molecule has 0 aliphatic carbocycles. The van der Waals surface area contributed by atoms with Crippen molar-refractivity contribution in [2.24, 2.45) is 5.73 Å². The number of amides is 2. The van der Waals surface area contributed by atoms with E-state index < -0.39 is 5.91 Å². The summed E-state index contributed by atoms with van der Waals surface area (Å²) in [6, 6.07) is 10.1. The number of primary amides is 1. The van der Waals surface area contributed by atoms with E-state index in [1.807, 2.05) is 18.2 Å². The topological polar surface area (TPSA) is 78.7 Å². The van der Waals surface area contributed by atoms with E-state index in [2.05, 4.69) is 22.3 Å². The molecule has 1 fully saturated rings. The van der Waals surface area contributed by atoms with Crippen molar-refractivity contribution in [2.75, 3.05) is 26.7 Å². The second-order valence-electron chi connectivity index (χ2n) is 6.27. The lowest BCUT2D eigenvalue weighted by Crippen LogP contribution is -2.49. The smallest absolute Gasteiger partial charge is 0.237 e. The Morgan fingerprint density at radius 1 is 1.39 bits per heavy atom. The Labute approximate surface area is 137 Å². The summed E-state index contributed by atoms with van der Waals surface area (Å²) in [5.41, 5.74) is 6.45. The molecule has 1 aromatic rings. The van der Waals surface area contributed by atoms with Crippen molar-refractivity contribution in [3.8, 4) is 0 Å². The highest BCUT2D eigenvalue weighted by Gasteiger charge is 2.27. The zero-order valence-electron chi connectivity index (χ0n) is 13.9. The molecule has 0 saturated carbocycles. The van der Waals surface area contributed by atoms with Crippen molar-refractivity contribution in [2.45, 2.75) is 32.0 Å². The molecule has 6 nitrogen and oxygen atoms in total. The van der Waals surface area contributed by atoms with Crippen molar-refractivity contribution >= 4 is 11.8 Å². The number of nitrogens with two attached hydrogens (primary N) is 1. The Hall–Kier alpha value is -1.92. The van der Waals surface area contributed by atoms with Crippen LogP contribution < -0.4 is 11.1 Å². The minimum atomic E-state index is -0.429. The molecule has 2 amide bonds. The van der Waals surface area contributed by atoms with Gasteiger partial charge in [0.25, 0.3) is 0 Å². The highest BCUT2D eigenvalue weighted by Crippen LogP contribution is 2.13. The summed E-state index contributed by atoms with van der Waals surface area (Å²) in [6.45, 7) is 4.61. The van der Waals surface area contributed by atoms with Crippen LogP contribution >= 0.6 is 0 Å². The monoisotopic (exact) mass is 318 g/mol. The fourth-order valence-electron chi connectivity index (χ4n) is 2.84. The van der Waals surface area contributed by atoms with E-state index in [1.165, 1.54) is 5.56 Å². The highest BCUT2D eigenvalue weighted by molar-refractivity contribution is 5.83. The number of nitrogens with zero attached hydrogens (tertiary/aromatic N) is 2. The van der Waals surface area contributed by atoms with Gasteiger partial charge in [-0.3, -0.25) is 19.4 Å². The lowest BCUT2D eigenvalue weighted by atomic mass is 10.2. The number of carbonyl (C=O) groups is 2. The Morgan fingerprint density at radius 2 is 2.09 bits per heavy atom. The molecule has 0 spiro atoms. The largest absolute Gasteiger partial charge is 0.369 e. The zero-order chi connectivity index (χ0) is 16.8. The van der Waals surface area contributed by atoms with Crippen molar-refractivity contribution in [1.82, 2.24) is 15.1 Å². The summed E-state index contributed by atoms with van der Waals surface area (Å²) < 4.78 is 0. The first-order valence-electron chi connectivity index (χ1n) is 8.01. The summed E-state index contributed by atoms with van der Waals surface area (Å²) in [4.78, 5) is 27.2. The maximum absolute atomic E-state index is 12.3. The maximum atomic E-state index is 12.3. The number of hydrogen-bond donors (Lipinski definition) is 2. The minimum absolute atomic E-state index is 0.0553. The van der Waals surface area contributed by atoms with Crippen LogP contribution in [0, 0.1) is 0 Å². The second kappa shape index (κ2) is 8.08. The van der Waals surface area contributed by atoms with Crippen LogP contribution in [0.25, 0.3) is 0 Å². The first kappa shape index (κ1) is 17.4. The molecule has 3 N–H and O–H groups in total. The molecule has 1 aliphatic rings. The Kier molecular flexibility index (Phi) is 6.12. The molecule has 6 heteroatoms. The second-order valence-corrected chi connectivity index (χ2v) is 6.27. The minimum Gasteiger partial charge on any atom is -0.369 e. The number of carbonyl (C=O) groups excluding carboxylic acids is 2. The molecule has 1 aliphatic heterocycles. The van der Waals surface area contributed by atoms with E-state index in [-0.39, 0.29) is 24.5 Å². The molecule has 23 heavy (non-hydrogen) atoms. The standard InChI is InChI=1S/C17H26N4O2/c1-13(20(2)12-16(18)22)17(23)19-15-8-9-21(11-15)10-14-6-4-3-5-7-14/h3-7,13,15H,8-12H2,1-2H3,(H2,18,22)(H,19,23)/t13-,15+/m0/s1. The van der Waals surface area contributed by atoms with Gasteiger partial charge >= 0.3 is 0 Å². The van der Waals surface area contributed by atoms with Crippen LogP contribution in [0.2, 0.25) is 0 Å². The van der Waals surface area contributed by atoms with Gasteiger partial charge in [0.15, 0.2) is 0 Å². The van der Waals surface area contributed by atoms with E-state index in [9.17, 15) is 9.59 Å². The third-order valence-electron chi connectivity index (χ3n) is 4.31. The molecule has 1 heterocycles. The van der Waals surface area contributed by atoms with Crippen LogP contribution in [0.3, 0.4) is 0 Å². The van der Waals surface area contributed by atoms with Gasteiger partial charge in [0.2, 0.25) is 11.8 Å². The number of benzene rings is 1. The number of rotatable bonds is 7. The normalized spacial score (nSPS) is 19.7. The summed E-state index contributed by atoms with van der Waals surface area (Å²) >= 11 is 0. The molecule has 126 valence electrons. The number of hydrogen-bond acceptors (Lipinski definition) is 4. The number of likely N-dealkylation sites (tertiary alicyclic amines) is 1. The quantitative estimate of drug-likeness (QED) is 0.752. The lowest BCUT2D eigenvalue weighted by molar-refractivity contribution is -0.127. The van der Waals surface area contributed by atoms with Crippen molar-refractivity contribution in [3.05, 3.63) is 35.9 Å². The van der Waals surface area contributed by atoms with E-state index in [0.717, 1.165) is 26.1 Å². The fraction of sp³-hybridized carbons (Fsp3) is 0.529. The van der Waals surface area contributed by atoms with Crippen LogP contribution in [0.5, 0.6) is 0 Å². The van der Waals surface area contributed by atoms with E-state index in [4.69, 9.17) is 5.73 Å². The highest BCUT2D eigenvalue weighted by atomic mass is 16.2. The summed E-state index contributed by atoms with van der Waals surface area (Å²) in [5, 5.41) is 3.07. The van der Waals surface area contributed by atoms with Crippen LogP contribution in [0.1, 0.15) is 18.9 Å². The van der Waals surface area contributed by atoms with Gasteiger partial charge in [-0.05, 0) is 26.0 Å². The van der Waals surface area contributed by atoms with E-state index >= 15 is 0 Å². The SMILES string of the molecule is C[C@@H](C(=O)N[C@@H]1CCN(Cc2ccccc2)C1)N(C)CC(N)=O. The summed E-state index contributed by atoms with van der Waals surface area (Å²) in [6.07, 6.45) is 0.949. The Bertz CT molecular complexity index is 535. The summed E-state index contributed by atoms with van der Waals surface area (Å²) in [5.74, 6) is -0.484. The van der Waals surface area contributed by atoms with Gasteiger partial charge in [-0.15, -0.1) is 0 Å². The van der Waals surface area contributed by atoms with Crippen LogP contribution in [-0.2, 0) is 16.1 Å². The third kappa shape index (κ3) is 5.33. The summed E-state index contributed by atoms with van der Waals surface area (Å²) in [7, 11) is 1.73. The maximum Gasteiger partial charge on any atom is 0.237 e. The van der Waals surface area contributed by atoms with Gasteiger partial charge in [-0.25, -0.2) is 0 Å². The molecule has 2 rings (SSSR count). The molecule has 2 atom stereocenters. The van der Waals surface area contributed by atoms with Gasteiger partial charge in [-0.2, -0.15) is 0 Å². The predicted octanol–water partition coefficient (Wildman–Crippen LogP) is 0.183. The van der Waals surface area contributed by atoms with Gasteiger partial charge in [0, 0.05) is 25.7 Å². The van der Waals surface area contributed by atoms with E-state index in [1.54, 1.807) is 18.9 Å². The molecule has 1 saturated heterocycles. The van der Waals surface area contributed by atoms with E-state index in [0.29, 0.717) is 0 Å². The molecule has 0 bridgehead atoms. The van der Waals surface area contributed by atoms with Crippen LogP contribution in [0.15, 0.2) is 30.3 Å². The predicted molar refractivity (Wildman–Crippen MR) is 89.6 cm³/mol. The van der Waals surface area contributed by atoms with Gasteiger partial charge in [-0.1, -0.05) is 30.3 Å². The van der Waals surface area contributed by atoms with Crippen molar-refractivity contribution in [3.63, 3.8) is 0 Å². The Balaban J connectivity index is 1.78. The van der Waals surface area contributed by atoms with Gasteiger partial charge in [0.05, 0.1) is 12.6 Å². The van der Waals surface area contributed by atoms with Crippen molar-refractivity contribution < 1.29 is 9.59 Å². The average Bonchev–Trinajstić information content (AvgIpc) is 2.93. The van der Waals surface area contributed by atoms with Crippen LogP contribution in [0.4, 0.5) is 0 Å². The van der Waals surface area contributed by atoms with Gasteiger partial charge in [0.1, 0.15) is 0 Å². The first-order valence-corrected chi connectivity index (χ1v) is 8.01. The number of likely N-dealkylation sites (N-methyl/N-ethyl adjacent to an activating group) is 1. The molecular formula is C17H26N4O2. The Morgan fingerprint density at radius 3 is 2.74 bits per heavy atom. The molecule has 1 aromatic carbocycles. The first-order chi connectivity index (χ1) is 11.0. The molecule has 0 radical (unpaired) electrons. The fourth-order valence-corrected chi connectivity index (χ4v) is 2.84. The number of nitrogens with one attached hydrogen (secondary N) is 1. The molecular weight excluding hydrogens is 292 g/mol. The van der Waals surface area contributed by atoms with Crippen molar-refractivity contribution in [1.29, 1.82) is 0 Å². The third-order valence-corrected chi connectivity index (χ3v) is 4.31. The molecule has 0 unspecified atom stereocenters. The average molecular weight is 318 g/mol. The molecule has 0 aromatic heterocycles. The van der Waals surface area contributed by atoms with Gasteiger partial charge < -0.3 is 11.1 Å². The van der Waals surface area contributed by atoms with Crippen LogP contribution in [-0.4, -0.2) is 60.4 Å².